The first kappa shape index (κ1) is 19.9. The number of methoxy groups -OCH3 is 2. The molecule has 0 unspecified atom stereocenters. The SMILES string of the molecule is COC(OC)[C@@](C)(c1ccc2ccccc2c1)[C@@H](O)c1ccc([N+](=O)[O-])cc1. The van der Waals surface area contributed by atoms with Gasteiger partial charge in [-0.25, -0.2) is 0 Å². The Labute approximate surface area is 163 Å². The van der Waals surface area contributed by atoms with E-state index in [0.29, 0.717) is 5.56 Å². The first-order valence-electron chi connectivity index (χ1n) is 8.89. The standard InChI is InChI=1S/C22H23NO5/c1-22(21(27-2)28-3,18-11-8-15-6-4-5-7-17(15)14-18)20(24)16-9-12-19(13-10-16)23(25)26/h4-14,20-21,24H,1-3H3/t20-,22-/m0/s1. The first-order chi connectivity index (χ1) is 13.4. The summed E-state index contributed by atoms with van der Waals surface area (Å²) in [5, 5.41) is 24.3. The smallest absolute Gasteiger partial charge is 0.269 e. The van der Waals surface area contributed by atoms with Gasteiger partial charge in [0.1, 0.15) is 0 Å². The van der Waals surface area contributed by atoms with Gasteiger partial charge in [0.2, 0.25) is 0 Å². The van der Waals surface area contributed by atoms with Gasteiger partial charge < -0.3 is 14.6 Å². The zero-order chi connectivity index (χ0) is 20.3. The van der Waals surface area contributed by atoms with Gasteiger partial charge in [0.15, 0.2) is 6.29 Å². The van der Waals surface area contributed by atoms with Gasteiger partial charge in [-0.15, -0.1) is 0 Å². The van der Waals surface area contributed by atoms with Crippen molar-refractivity contribution in [2.75, 3.05) is 14.2 Å². The van der Waals surface area contributed by atoms with Crippen LogP contribution in [0.1, 0.15) is 24.2 Å². The van der Waals surface area contributed by atoms with Crippen LogP contribution in [0.5, 0.6) is 0 Å². The molecule has 0 saturated carbocycles. The molecule has 0 heterocycles. The van der Waals surface area contributed by atoms with Crippen LogP contribution in [-0.4, -0.2) is 30.5 Å². The van der Waals surface area contributed by atoms with Gasteiger partial charge in [0, 0.05) is 26.4 Å². The third-order valence-electron chi connectivity index (χ3n) is 5.28. The zero-order valence-corrected chi connectivity index (χ0v) is 16.0. The van der Waals surface area contributed by atoms with E-state index in [4.69, 9.17) is 9.47 Å². The Kier molecular flexibility index (Phi) is 5.74. The van der Waals surface area contributed by atoms with Gasteiger partial charge in [-0.05, 0) is 41.0 Å². The lowest BCUT2D eigenvalue weighted by atomic mass is 9.73. The molecule has 0 saturated heterocycles. The molecule has 28 heavy (non-hydrogen) atoms. The molecule has 0 aliphatic heterocycles. The molecule has 3 rings (SSSR count). The molecule has 0 spiro atoms. The Morgan fingerprint density at radius 2 is 1.57 bits per heavy atom. The van der Waals surface area contributed by atoms with Crippen molar-refractivity contribution in [3.8, 4) is 0 Å². The Bertz CT molecular complexity index is 968. The molecule has 0 radical (unpaired) electrons. The van der Waals surface area contributed by atoms with E-state index in [-0.39, 0.29) is 5.69 Å². The predicted molar refractivity (Wildman–Crippen MR) is 107 cm³/mol. The summed E-state index contributed by atoms with van der Waals surface area (Å²) in [6, 6.07) is 19.8. The Morgan fingerprint density at radius 1 is 0.964 bits per heavy atom. The number of hydrogen-bond acceptors (Lipinski definition) is 5. The molecule has 0 aliphatic carbocycles. The lowest BCUT2D eigenvalue weighted by Gasteiger charge is -2.40. The fraction of sp³-hybridized carbons (Fsp3) is 0.273. The van der Waals surface area contributed by atoms with Crippen molar-refractivity contribution >= 4 is 16.5 Å². The number of rotatable bonds is 7. The minimum Gasteiger partial charge on any atom is -0.387 e. The highest BCUT2D eigenvalue weighted by molar-refractivity contribution is 5.83. The number of fused-ring (bicyclic) bond motifs is 1. The molecule has 0 amide bonds. The third-order valence-corrected chi connectivity index (χ3v) is 5.28. The minimum atomic E-state index is -1.01. The van der Waals surface area contributed by atoms with Crippen molar-refractivity contribution in [3.05, 3.63) is 88.0 Å². The van der Waals surface area contributed by atoms with Crippen LogP contribution in [0.15, 0.2) is 66.7 Å². The second kappa shape index (κ2) is 8.06. The van der Waals surface area contributed by atoms with Crippen LogP contribution in [0.3, 0.4) is 0 Å². The Balaban J connectivity index is 2.11. The summed E-state index contributed by atoms with van der Waals surface area (Å²) >= 11 is 0. The number of ether oxygens (including phenoxy) is 2. The summed E-state index contributed by atoms with van der Waals surface area (Å²) < 4.78 is 11.1. The molecule has 0 aromatic heterocycles. The number of non-ortho nitro benzene ring substituents is 1. The van der Waals surface area contributed by atoms with E-state index in [1.165, 1.54) is 26.4 Å². The number of nitrogens with zero attached hydrogens (tertiary/aromatic N) is 1. The van der Waals surface area contributed by atoms with Crippen molar-refractivity contribution in [2.45, 2.75) is 24.7 Å². The predicted octanol–water partition coefficient (Wildman–Crippen LogP) is 4.36. The molecule has 6 heteroatoms. The molecule has 1 N–H and O–H groups in total. The van der Waals surface area contributed by atoms with Crippen LogP contribution in [-0.2, 0) is 14.9 Å². The van der Waals surface area contributed by atoms with Crippen molar-refractivity contribution in [3.63, 3.8) is 0 Å². The maximum Gasteiger partial charge on any atom is 0.269 e. The fourth-order valence-electron chi connectivity index (χ4n) is 3.66. The molecule has 0 fully saturated rings. The van der Waals surface area contributed by atoms with E-state index >= 15 is 0 Å². The highest BCUT2D eigenvalue weighted by atomic mass is 16.7. The molecule has 2 atom stereocenters. The third kappa shape index (κ3) is 3.49. The van der Waals surface area contributed by atoms with Crippen molar-refractivity contribution in [2.24, 2.45) is 0 Å². The molecular formula is C22H23NO5. The average Bonchev–Trinajstić information content (AvgIpc) is 2.73. The number of aliphatic hydroxyl groups excluding tert-OH is 1. The maximum atomic E-state index is 11.3. The minimum absolute atomic E-state index is 0.0293. The average molecular weight is 381 g/mol. The van der Waals surface area contributed by atoms with Crippen LogP contribution in [0.25, 0.3) is 10.8 Å². The summed E-state index contributed by atoms with van der Waals surface area (Å²) in [4.78, 5) is 10.5. The topological polar surface area (TPSA) is 81.8 Å². The molecule has 3 aromatic carbocycles. The first-order valence-corrected chi connectivity index (χ1v) is 8.89. The quantitative estimate of drug-likeness (QED) is 0.374. The molecule has 146 valence electrons. The van der Waals surface area contributed by atoms with Gasteiger partial charge in [-0.3, -0.25) is 10.1 Å². The number of benzene rings is 3. The second-order valence-corrected chi connectivity index (χ2v) is 6.90. The maximum absolute atomic E-state index is 11.3. The van der Waals surface area contributed by atoms with Gasteiger partial charge in [0.25, 0.3) is 5.69 Å². The van der Waals surface area contributed by atoms with Crippen molar-refractivity contribution < 1.29 is 19.5 Å². The van der Waals surface area contributed by atoms with Gasteiger partial charge >= 0.3 is 0 Å². The summed E-state index contributed by atoms with van der Waals surface area (Å²) in [7, 11) is 3.05. The fourth-order valence-corrected chi connectivity index (χ4v) is 3.66. The summed E-state index contributed by atoms with van der Waals surface area (Å²) in [5.74, 6) is 0. The van der Waals surface area contributed by atoms with Gasteiger partial charge in [-0.1, -0.05) is 42.5 Å². The van der Waals surface area contributed by atoms with Crippen LogP contribution in [0.4, 0.5) is 5.69 Å². The van der Waals surface area contributed by atoms with E-state index in [0.717, 1.165) is 16.3 Å². The van der Waals surface area contributed by atoms with E-state index in [9.17, 15) is 15.2 Å². The molecule has 0 aliphatic rings. The molecule has 3 aromatic rings. The normalized spacial score (nSPS) is 14.8. The van der Waals surface area contributed by atoms with Crippen molar-refractivity contribution in [1.82, 2.24) is 0 Å². The number of nitro benzene ring substituents is 1. The van der Waals surface area contributed by atoms with E-state index < -0.39 is 22.7 Å². The largest absolute Gasteiger partial charge is 0.387 e. The highest BCUT2D eigenvalue weighted by Crippen LogP contribution is 2.42. The van der Waals surface area contributed by atoms with Gasteiger partial charge in [-0.2, -0.15) is 0 Å². The molecule has 0 bridgehead atoms. The molecule has 6 nitrogen and oxygen atoms in total. The monoisotopic (exact) mass is 381 g/mol. The van der Waals surface area contributed by atoms with Gasteiger partial charge in [0.05, 0.1) is 16.4 Å². The summed E-state index contributed by atoms with van der Waals surface area (Å²) in [6.07, 6.45) is -1.75. The Morgan fingerprint density at radius 3 is 2.14 bits per heavy atom. The van der Waals surface area contributed by atoms with E-state index in [1.807, 2.05) is 49.4 Å². The van der Waals surface area contributed by atoms with Crippen LogP contribution < -0.4 is 0 Å². The lowest BCUT2D eigenvalue weighted by Crippen LogP contribution is -2.44. The summed E-state index contributed by atoms with van der Waals surface area (Å²) in [6.45, 7) is 1.86. The highest BCUT2D eigenvalue weighted by Gasteiger charge is 2.44. The van der Waals surface area contributed by atoms with E-state index in [1.54, 1.807) is 12.1 Å². The number of hydrogen-bond donors (Lipinski definition) is 1. The molecular weight excluding hydrogens is 358 g/mol. The van der Waals surface area contributed by atoms with E-state index in [2.05, 4.69) is 0 Å². The van der Waals surface area contributed by atoms with Crippen LogP contribution in [0.2, 0.25) is 0 Å². The second-order valence-electron chi connectivity index (χ2n) is 6.90. The zero-order valence-electron chi connectivity index (χ0n) is 16.0. The van der Waals surface area contributed by atoms with Crippen LogP contribution >= 0.6 is 0 Å². The lowest BCUT2D eigenvalue weighted by molar-refractivity contribution is -0.384. The summed E-state index contributed by atoms with van der Waals surface area (Å²) in [5.41, 5.74) is 0.397. The van der Waals surface area contributed by atoms with Crippen LogP contribution in [0, 0.1) is 10.1 Å². The van der Waals surface area contributed by atoms with Crippen molar-refractivity contribution in [1.29, 1.82) is 0 Å². The number of nitro groups is 1. The number of aliphatic hydroxyl groups is 1. The Hall–Kier alpha value is -2.80.